The standard InChI is InChI=1S/C26H33N3O4/c1-3-32-20-13-28(14-20)23-16-5-6-17(10-16)24(23)33-19-7-8-21-18(11-19)12-29(26(21)31)22-9-4-15(2)27-25(22)30/h7-8,11,16-17,20,22-24H,2-6,9-10,12-14H2,1H3,(H,27,30)/t16-,17+,22?,23?,24?/m1/s1. The molecule has 1 N–H and O–H groups in total. The molecule has 7 heteroatoms. The predicted molar refractivity (Wildman–Crippen MR) is 123 cm³/mol. The fraction of sp³-hybridized carbons (Fsp3) is 0.615. The minimum absolute atomic E-state index is 0.0652. The van der Waals surface area contributed by atoms with Gasteiger partial charge in [0, 0.05) is 43.5 Å². The second-order valence-corrected chi connectivity index (χ2v) is 10.3. The smallest absolute Gasteiger partial charge is 0.255 e. The summed E-state index contributed by atoms with van der Waals surface area (Å²) in [6.45, 7) is 9.14. The third-order valence-electron chi connectivity index (χ3n) is 8.38. The average Bonchev–Trinajstić information content (AvgIpc) is 3.45. The number of rotatable bonds is 6. The van der Waals surface area contributed by atoms with Crippen LogP contribution in [0.25, 0.3) is 0 Å². The van der Waals surface area contributed by atoms with E-state index in [1.54, 1.807) is 4.90 Å². The van der Waals surface area contributed by atoms with E-state index in [9.17, 15) is 9.59 Å². The highest BCUT2D eigenvalue weighted by molar-refractivity contribution is 6.01. The summed E-state index contributed by atoms with van der Waals surface area (Å²) in [5.74, 6) is 1.97. The fourth-order valence-electron chi connectivity index (χ4n) is 6.80. The number of hydrogen-bond acceptors (Lipinski definition) is 5. The minimum Gasteiger partial charge on any atom is -0.488 e. The van der Waals surface area contributed by atoms with Crippen LogP contribution in [0.3, 0.4) is 0 Å². The molecule has 2 saturated heterocycles. The Kier molecular flexibility index (Phi) is 5.22. The number of likely N-dealkylation sites (tertiary alicyclic amines) is 1. The maximum absolute atomic E-state index is 13.0. The van der Waals surface area contributed by atoms with E-state index in [4.69, 9.17) is 9.47 Å². The monoisotopic (exact) mass is 451 g/mol. The van der Waals surface area contributed by atoms with Gasteiger partial charge >= 0.3 is 0 Å². The molecule has 0 radical (unpaired) electrons. The Morgan fingerprint density at radius 3 is 2.76 bits per heavy atom. The summed E-state index contributed by atoms with van der Waals surface area (Å²) < 4.78 is 12.4. The second kappa shape index (κ2) is 8.13. The number of piperidine rings is 1. The number of nitrogens with zero attached hydrogens (tertiary/aromatic N) is 2. The number of hydrogen-bond donors (Lipinski definition) is 1. The molecular formula is C26H33N3O4. The average molecular weight is 452 g/mol. The minimum atomic E-state index is -0.431. The highest BCUT2D eigenvalue weighted by atomic mass is 16.5. The van der Waals surface area contributed by atoms with E-state index in [1.165, 1.54) is 19.3 Å². The van der Waals surface area contributed by atoms with Crippen LogP contribution < -0.4 is 10.1 Å². The first-order valence-corrected chi connectivity index (χ1v) is 12.5. The quantitative estimate of drug-likeness (QED) is 0.720. The van der Waals surface area contributed by atoms with Crippen LogP contribution in [-0.4, -0.2) is 65.6 Å². The number of carbonyl (C=O) groups is 2. The van der Waals surface area contributed by atoms with Gasteiger partial charge in [0.2, 0.25) is 5.91 Å². The van der Waals surface area contributed by atoms with Crippen molar-refractivity contribution < 1.29 is 19.1 Å². The van der Waals surface area contributed by atoms with Gasteiger partial charge < -0.3 is 19.7 Å². The van der Waals surface area contributed by atoms with Gasteiger partial charge in [0.1, 0.15) is 17.9 Å². The van der Waals surface area contributed by atoms with Crippen LogP contribution in [0.4, 0.5) is 0 Å². The van der Waals surface area contributed by atoms with Crippen molar-refractivity contribution in [3.63, 3.8) is 0 Å². The van der Waals surface area contributed by atoms with E-state index in [0.29, 0.717) is 48.9 Å². The van der Waals surface area contributed by atoms with E-state index in [2.05, 4.69) is 23.7 Å². The van der Waals surface area contributed by atoms with Gasteiger partial charge in [-0.2, -0.15) is 0 Å². The molecule has 33 heavy (non-hydrogen) atoms. The van der Waals surface area contributed by atoms with Crippen LogP contribution in [-0.2, 0) is 16.1 Å². The van der Waals surface area contributed by atoms with Gasteiger partial charge in [-0.3, -0.25) is 14.5 Å². The molecule has 0 spiro atoms. The molecule has 4 fully saturated rings. The van der Waals surface area contributed by atoms with Gasteiger partial charge in [0.05, 0.1) is 6.10 Å². The maximum atomic E-state index is 13.0. The molecule has 2 bridgehead atoms. The normalized spacial score (nSPS) is 33.9. The topological polar surface area (TPSA) is 71.1 Å². The number of nitrogens with one attached hydrogen (secondary N) is 1. The maximum Gasteiger partial charge on any atom is 0.255 e. The Morgan fingerprint density at radius 1 is 1.15 bits per heavy atom. The Hall–Kier alpha value is -2.38. The molecule has 2 saturated carbocycles. The van der Waals surface area contributed by atoms with Crippen LogP contribution >= 0.6 is 0 Å². The Balaban J connectivity index is 1.16. The molecule has 1 aromatic carbocycles. The number of allylic oxidation sites excluding steroid dienone is 1. The van der Waals surface area contributed by atoms with Gasteiger partial charge in [-0.05, 0) is 74.6 Å². The summed E-state index contributed by atoms with van der Waals surface area (Å²) in [5.41, 5.74) is 2.37. The molecule has 2 amide bonds. The van der Waals surface area contributed by atoms with Crippen molar-refractivity contribution in [3.8, 4) is 5.75 Å². The number of carbonyl (C=O) groups excluding carboxylic acids is 2. The van der Waals surface area contributed by atoms with Crippen LogP contribution in [0.2, 0.25) is 0 Å². The van der Waals surface area contributed by atoms with Gasteiger partial charge in [0.25, 0.3) is 5.91 Å². The van der Waals surface area contributed by atoms with Crippen molar-refractivity contribution in [2.24, 2.45) is 11.8 Å². The molecule has 3 unspecified atom stereocenters. The molecule has 0 aromatic heterocycles. The molecule has 5 atom stereocenters. The summed E-state index contributed by atoms with van der Waals surface area (Å²) in [6, 6.07) is 5.87. The lowest BCUT2D eigenvalue weighted by Gasteiger charge is -2.47. The molecule has 1 aromatic rings. The third kappa shape index (κ3) is 3.56. The lowest BCUT2D eigenvalue weighted by Crippen LogP contribution is -2.61. The summed E-state index contributed by atoms with van der Waals surface area (Å²) in [5, 5.41) is 2.80. The molecular weight excluding hydrogens is 418 g/mol. The SMILES string of the molecule is C=C1CCC(N2Cc3cc(OC4C(N5CC(OCC)C5)[C@@H]5CC[C@H]4C5)ccc3C2=O)C(=O)N1. The molecule has 7 nitrogen and oxygen atoms in total. The molecule has 5 aliphatic rings. The molecule has 3 heterocycles. The first kappa shape index (κ1) is 21.2. The number of ether oxygens (including phenoxy) is 2. The van der Waals surface area contributed by atoms with Gasteiger partial charge in [-0.25, -0.2) is 0 Å². The van der Waals surface area contributed by atoms with Crippen molar-refractivity contribution in [1.82, 2.24) is 15.1 Å². The zero-order chi connectivity index (χ0) is 22.7. The lowest BCUT2D eigenvalue weighted by atomic mass is 9.89. The Morgan fingerprint density at radius 2 is 1.97 bits per heavy atom. The first-order valence-electron chi connectivity index (χ1n) is 12.5. The van der Waals surface area contributed by atoms with E-state index < -0.39 is 6.04 Å². The number of amides is 2. The fourth-order valence-corrected chi connectivity index (χ4v) is 6.80. The highest BCUT2D eigenvalue weighted by Crippen LogP contribution is 2.49. The molecule has 6 rings (SSSR count). The van der Waals surface area contributed by atoms with E-state index in [-0.39, 0.29) is 17.9 Å². The van der Waals surface area contributed by atoms with Crippen molar-refractivity contribution >= 4 is 11.8 Å². The van der Waals surface area contributed by atoms with Crippen LogP contribution in [0.15, 0.2) is 30.5 Å². The van der Waals surface area contributed by atoms with Crippen molar-refractivity contribution in [3.05, 3.63) is 41.6 Å². The van der Waals surface area contributed by atoms with Gasteiger partial charge in [0.15, 0.2) is 0 Å². The van der Waals surface area contributed by atoms with Gasteiger partial charge in [-0.15, -0.1) is 0 Å². The van der Waals surface area contributed by atoms with Crippen molar-refractivity contribution in [2.45, 2.75) is 69.9 Å². The molecule has 3 aliphatic heterocycles. The van der Waals surface area contributed by atoms with Gasteiger partial charge in [-0.1, -0.05) is 6.58 Å². The molecule has 176 valence electrons. The zero-order valence-corrected chi connectivity index (χ0v) is 19.3. The highest BCUT2D eigenvalue weighted by Gasteiger charge is 2.53. The van der Waals surface area contributed by atoms with Crippen LogP contribution in [0, 0.1) is 11.8 Å². The summed E-state index contributed by atoms with van der Waals surface area (Å²) >= 11 is 0. The first-order chi connectivity index (χ1) is 16.0. The van der Waals surface area contributed by atoms with E-state index >= 15 is 0 Å². The molecule has 2 aliphatic carbocycles. The van der Waals surface area contributed by atoms with Crippen molar-refractivity contribution in [1.29, 1.82) is 0 Å². The lowest BCUT2D eigenvalue weighted by molar-refractivity contribution is -0.126. The Bertz CT molecular complexity index is 988. The largest absolute Gasteiger partial charge is 0.488 e. The van der Waals surface area contributed by atoms with Crippen LogP contribution in [0.1, 0.15) is 54.9 Å². The Labute approximate surface area is 195 Å². The predicted octanol–water partition coefficient (Wildman–Crippen LogP) is 2.70. The third-order valence-corrected chi connectivity index (χ3v) is 8.38. The number of fused-ring (bicyclic) bond motifs is 3. The van der Waals surface area contributed by atoms with E-state index in [1.807, 2.05) is 18.2 Å². The van der Waals surface area contributed by atoms with Crippen LogP contribution in [0.5, 0.6) is 5.75 Å². The second-order valence-electron chi connectivity index (χ2n) is 10.3. The summed E-state index contributed by atoms with van der Waals surface area (Å²) in [4.78, 5) is 29.7. The summed E-state index contributed by atoms with van der Waals surface area (Å²) in [6.07, 6.45) is 5.69. The summed E-state index contributed by atoms with van der Waals surface area (Å²) in [7, 11) is 0. The van der Waals surface area contributed by atoms with Crippen molar-refractivity contribution in [2.75, 3.05) is 19.7 Å². The van der Waals surface area contributed by atoms with E-state index in [0.717, 1.165) is 36.7 Å². The zero-order valence-electron chi connectivity index (χ0n) is 19.3. The number of benzene rings is 1.